The molecule has 0 radical (unpaired) electrons. The van der Waals surface area contributed by atoms with Crippen LogP contribution in [-0.4, -0.2) is 193 Å². The third-order valence-electron chi connectivity index (χ3n) is 26.1. The second-order valence-corrected chi connectivity index (χ2v) is 34.7. The van der Waals surface area contributed by atoms with Gasteiger partial charge in [0.15, 0.2) is 17.5 Å². The van der Waals surface area contributed by atoms with E-state index in [4.69, 9.17) is 79.5 Å². The molecule has 0 aliphatic carbocycles. The van der Waals surface area contributed by atoms with E-state index in [1.54, 1.807) is 30.7 Å². The minimum absolute atomic E-state index is 0.0104. The summed E-state index contributed by atoms with van der Waals surface area (Å²) in [5.74, 6) is 1.58. The number of halogens is 5. The molecule has 6 aromatic heterocycles. The van der Waals surface area contributed by atoms with Crippen molar-refractivity contribution in [2.75, 3.05) is 115 Å². The maximum absolute atomic E-state index is 18.5. The molecule has 27 heteroatoms. The molecule has 572 valence electrons. The largest absolute Gasteiger partial charge is 0.508 e. The van der Waals surface area contributed by atoms with E-state index in [0.29, 0.717) is 186 Å². The average Bonchev–Trinajstić information content (AvgIpc) is 0.879. The van der Waals surface area contributed by atoms with Gasteiger partial charge in [-0.05, 0) is 135 Å². The number of nitrogens with zero attached hydrogens (tertiary/aromatic N) is 16. The fraction of sp³-hybridized carbons (Fsp3) is 0.400. The molecule has 0 spiro atoms. The predicted octanol–water partition coefficient (Wildman–Crippen LogP) is 12.2. The van der Waals surface area contributed by atoms with Gasteiger partial charge < -0.3 is 61.9 Å². The standard InChI is InChI=1S/C85H86Cl2F3N21O/c1-4-84(91)41-110(42-84)81-100-74-61(78(103-81)107-35-51-18-19-52(36-107)97-51)29-93-71(68(74)88)58-22-15-48(57-12-8-14-65(87)67(57)58)32-105(3)83(2)39-109(40-83)80-99-76-63(77(102-80)106-33-49-16-17-50(34-106)96-49)31-95-73(70(76)90)60-26-45(25-47-10-7-13-64(86)66(47)60)23-24-85(92)43-111(44-85)82-101-75-62(79(104-82)108-37-53-20-21-54(38-108)98-53)30-94-72(69(75)89)59-28-55(112)27-46-9-5-6-11-56(46)59/h5-15,22,25-31,49-54,96-98,112H,4,16-21,23-24,32-44,91-92H2,1-3H3. The summed E-state index contributed by atoms with van der Waals surface area (Å²) in [6, 6.07) is 32.2. The highest BCUT2D eigenvalue weighted by atomic mass is 35.5. The topological polar surface area (TPSA) is 247 Å². The third kappa shape index (κ3) is 11.8. The number of phenolic OH excluding ortho intramolecular Hbond substituents is 1. The maximum atomic E-state index is 18.5. The molecule has 9 aliphatic heterocycles. The molecule has 9 aliphatic rings. The van der Waals surface area contributed by atoms with E-state index in [1.807, 2.05) is 77.7 Å². The van der Waals surface area contributed by atoms with E-state index < -0.39 is 23.0 Å². The Bertz CT molecular complexity index is 5870. The normalized spacial score (nSPS) is 22.9. The fourth-order valence-corrected chi connectivity index (χ4v) is 20.4. The van der Waals surface area contributed by atoms with Crippen molar-refractivity contribution in [3.63, 3.8) is 0 Å². The van der Waals surface area contributed by atoms with Gasteiger partial charge in [0, 0.05) is 177 Å². The molecule has 9 saturated heterocycles. The first-order valence-electron chi connectivity index (χ1n) is 39.5. The molecule has 15 heterocycles. The van der Waals surface area contributed by atoms with Crippen LogP contribution in [0, 0.1) is 17.5 Å². The van der Waals surface area contributed by atoms with Gasteiger partial charge in [-0.15, -0.1) is 0 Å². The van der Waals surface area contributed by atoms with Crippen molar-refractivity contribution in [2.24, 2.45) is 11.5 Å². The number of piperazine rings is 3. The number of aryl methyl sites for hydroxylation is 1. The molecule has 9 fully saturated rings. The minimum atomic E-state index is -0.686. The molecule has 6 atom stereocenters. The number of anilines is 6. The summed E-state index contributed by atoms with van der Waals surface area (Å²) in [7, 11) is 2.11. The smallest absolute Gasteiger partial charge is 0.228 e. The van der Waals surface area contributed by atoms with E-state index in [-0.39, 0.29) is 74.6 Å². The molecule has 112 heavy (non-hydrogen) atoms. The number of fused-ring (bicyclic) bond motifs is 12. The lowest BCUT2D eigenvalue weighted by Crippen LogP contribution is -2.68. The molecule has 21 rings (SSSR count). The highest BCUT2D eigenvalue weighted by Gasteiger charge is 2.47. The van der Waals surface area contributed by atoms with Gasteiger partial charge in [0.2, 0.25) is 17.8 Å². The SMILES string of the molecule is CCC1(N)CN(c2nc(N3CC4CCC(C3)N4)c3cnc(-c4ccc(CN(C)C5(C)CN(c6nc(N7CC8CCC(C7)N8)c7cnc(-c8cc(CCC9(N)CN(c%10nc(N%11CC%12CCC(C%11)N%12)c%11cnc(-c%12cc(O)cc%13ccccc%12%13)c(F)c%11n%10)C9)cc9cccc(Cl)c89)c(F)c7n6)C5)c5cccc(Cl)c45)c(F)c3n2)C1. The number of hydrogen-bond donors (Lipinski definition) is 6. The van der Waals surface area contributed by atoms with Crippen molar-refractivity contribution >= 4 is 124 Å². The molecule has 6 bridgehead atoms. The Kier molecular flexibility index (Phi) is 16.6. The average molecular weight is 1550 g/mol. The van der Waals surface area contributed by atoms with E-state index in [1.165, 1.54) is 0 Å². The zero-order chi connectivity index (χ0) is 76.0. The summed E-state index contributed by atoms with van der Waals surface area (Å²) in [4.78, 5) is 60.8. The number of hydrogen-bond acceptors (Lipinski definition) is 22. The Hall–Kier alpha value is -9.70. The number of pyridine rings is 3. The first kappa shape index (κ1) is 70.2. The number of aromatic hydroxyl groups is 1. The van der Waals surface area contributed by atoms with Gasteiger partial charge in [-0.2, -0.15) is 15.0 Å². The van der Waals surface area contributed by atoms with E-state index in [9.17, 15) is 5.11 Å². The third-order valence-corrected chi connectivity index (χ3v) is 26.7. The molecular formula is C85H86Cl2F3N21O. The zero-order valence-corrected chi connectivity index (χ0v) is 64.1. The Labute approximate surface area is 655 Å². The Morgan fingerprint density at radius 1 is 0.482 bits per heavy atom. The van der Waals surface area contributed by atoms with E-state index in [0.717, 1.165) is 90.7 Å². The van der Waals surface area contributed by atoms with Crippen LogP contribution in [0.2, 0.25) is 10.0 Å². The van der Waals surface area contributed by atoms with E-state index in [2.05, 4.69) is 78.4 Å². The van der Waals surface area contributed by atoms with Crippen molar-refractivity contribution in [2.45, 2.75) is 131 Å². The van der Waals surface area contributed by atoms with Crippen LogP contribution in [0.4, 0.5) is 48.5 Å². The lowest BCUT2D eigenvalue weighted by atomic mass is 9.84. The first-order chi connectivity index (χ1) is 54.2. The molecular weight excluding hydrogens is 1460 g/mol. The van der Waals surface area contributed by atoms with Gasteiger partial charge >= 0.3 is 0 Å². The van der Waals surface area contributed by atoms with Crippen LogP contribution in [0.1, 0.15) is 76.3 Å². The monoisotopic (exact) mass is 1540 g/mol. The fourth-order valence-electron chi connectivity index (χ4n) is 19.8. The molecule has 8 N–H and O–H groups in total. The molecule has 0 saturated carbocycles. The zero-order valence-electron chi connectivity index (χ0n) is 62.6. The van der Waals surface area contributed by atoms with Crippen LogP contribution in [-0.2, 0) is 13.0 Å². The summed E-state index contributed by atoms with van der Waals surface area (Å²) in [6.45, 7) is 12.3. The summed E-state index contributed by atoms with van der Waals surface area (Å²) >= 11 is 14.4. The number of nitrogens with one attached hydrogen (secondary N) is 3. The van der Waals surface area contributed by atoms with Gasteiger partial charge in [0.1, 0.15) is 56.8 Å². The number of nitrogens with two attached hydrogens (primary N) is 2. The van der Waals surface area contributed by atoms with Gasteiger partial charge in [-0.3, -0.25) is 19.9 Å². The minimum Gasteiger partial charge on any atom is -0.508 e. The van der Waals surface area contributed by atoms with Gasteiger partial charge in [-0.1, -0.05) is 96.9 Å². The van der Waals surface area contributed by atoms with Crippen LogP contribution >= 0.6 is 23.2 Å². The molecule has 22 nitrogen and oxygen atoms in total. The summed E-state index contributed by atoms with van der Waals surface area (Å²) in [6.07, 6.45) is 13.4. The quantitative estimate of drug-likeness (QED) is 0.0526. The van der Waals surface area contributed by atoms with Crippen LogP contribution in [0.15, 0.2) is 116 Å². The number of likely N-dealkylation sites (N-methyl/N-ethyl adjacent to an activating group) is 1. The number of phenols is 1. The second-order valence-electron chi connectivity index (χ2n) is 33.8. The van der Waals surface area contributed by atoms with Gasteiger partial charge in [0.05, 0.1) is 32.8 Å². The maximum Gasteiger partial charge on any atom is 0.228 e. The van der Waals surface area contributed by atoms with Crippen molar-refractivity contribution in [1.29, 1.82) is 0 Å². The summed E-state index contributed by atoms with van der Waals surface area (Å²) < 4.78 is 53.8. The second kappa shape index (κ2) is 26.4. The van der Waals surface area contributed by atoms with Crippen LogP contribution in [0.3, 0.4) is 0 Å². The Morgan fingerprint density at radius 3 is 1.45 bits per heavy atom. The number of aromatic nitrogens is 9. The summed E-state index contributed by atoms with van der Waals surface area (Å²) in [5, 5.41) is 29.2. The number of benzene rings is 6. The van der Waals surface area contributed by atoms with Crippen molar-refractivity contribution < 1.29 is 18.3 Å². The van der Waals surface area contributed by atoms with Crippen LogP contribution < -0.4 is 56.8 Å². The summed E-state index contributed by atoms with van der Waals surface area (Å²) in [5.41, 5.74) is 17.0. The lowest BCUT2D eigenvalue weighted by molar-refractivity contribution is 0.0952. The van der Waals surface area contributed by atoms with Crippen LogP contribution in [0.5, 0.6) is 5.75 Å². The Balaban J connectivity index is 0.565. The molecule has 12 aromatic rings. The Morgan fingerprint density at radius 2 is 0.929 bits per heavy atom. The van der Waals surface area contributed by atoms with E-state index >= 15 is 13.2 Å². The highest BCUT2D eigenvalue weighted by Crippen LogP contribution is 2.46. The lowest BCUT2D eigenvalue weighted by Gasteiger charge is -2.53. The van der Waals surface area contributed by atoms with Crippen molar-refractivity contribution in [3.05, 3.63) is 154 Å². The molecule has 6 unspecified atom stereocenters. The first-order valence-corrected chi connectivity index (χ1v) is 40.3. The molecule has 0 amide bonds. The van der Waals surface area contributed by atoms with Gasteiger partial charge in [-0.25, -0.2) is 28.1 Å². The highest BCUT2D eigenvalue weighted by molar-refractivity contribution is 6.37. The van der Waals surface area contributed by atoms with Crippen molar-refractivity contribution in [1.82, 2.24) is 65.7 Å². The van der Waals surface area contributed by atoms with Crippen molar-refractivity contribution in [3.8, 4) is 39.5 Å². The van der Waals surface area contributed by atoms with Crippen LogP contribution in [0.25, 0.3) is 98.8 Å². The molecule has 6 aromatic carbocycles. The van der Waals surface area contributed by atoms with Gasteiger partial charge in [0.25, 0.3) is 0 Å². The number of rotatable bonds is 16. The predicted molar refractivity (Wildman–Crippen MR) is 438 cm³/mol.